The molecule has 2 heteroatoms. The van der Waals surface area contributed by atoms with Gasteiger partial charge in [0.25, 0.3) is 0 Å². The van der Waals surface area contributed by atoms with Crippen molar-refractivity contribution >= 4 is 5.97 Å². The van der Waals surface area contributed by atoms with Crippen LogP contribution >= 0.6 is 0 Å². The van der Waals surface area contributed by atoms with Gasteiger partial charge in [-0.05, 0) is 6.42 Å². The van der Waals surface area contributed by atoms with E-state index in [1.165, 1.54) is 0 Å². The molecule has 0 heterocycles. The van der Waals surface area contributed by atoms with E-state index in [9.17, 15) is 9.90 Å². The molecule has 0 N–H and O–H groups in total. The first-order valence-electron chi connectivity index (χ1n) is 2.89. The van der Waals surface area contributed by atoms with Gasteiger partial charge in [-0.2, -0.15) is 0 Å². The number of carbonyl (C=O) groups excluding carboxylic acids is 1. The summed E-state index contributed by atoms with van der Waals surface area (Å²) in [5.41, 5.74) is 0. The third kappa shape index (κ3) is 2.76. The first-order valence-corrected chi connectivity index (χ1v) is 2.89. The van der Waals surface area contributed by atoms with Gasteiger partial charge in [-0.3, -0.25) is 0 Å². The smallest absolute Gasteiger partial charge is 0.246 e. The van der Waals surface area contributed by atoms with Gasteiger partial charge in [0.1, 0.15) is 5.92 Å². The molecule has 0 aliphatic carbocycles. The van der Waals surface area contributed by atoms with Crippen LogP contribution in [0.1, 0.15) is 19.8 Å². The molecule has 1 unspecified atom stereocenters. The van der Waals surface area contributed by atoms with Crippen molar-refractivity contribution in [1.29, 1.82) is 0 Å². The Hall–Kier alpha value is -0.970. The molecule has 0 saturated heterocycles. The summed E-state index contributed by atoms with van der Waals surface area (Å²) in [4.78, 5) is 10.1. The number of carbonyl (C=O) groups is 1. The minimum Gasteiger partial charge on any atom is -0.246 e. The molecule has 0 aromatic rings. The Morgan fingerprint density at radius 3 is 2.44 bits per heavy atom. The Morgan fingerprint density at radius 1 is 1.78 bits per heavy atom. The summed E-state index contributed by atoms with van der Waals surface area (Å²) in [6.07, 6.45) is 6.18. The van der Waals surface area contributed by atoms with E-state index >= 15 is 0 Å². The number of terminal acetylenes is 1. The zero-order chi connectivity index (χ0) is 7.28. The summed E-state index contributed by atoms with van der Waals surface area (Å²) in [6, 6.07) is 0. The lowest BCUT2D eigenvalue weighted by molar-refractivity contribution is -0.146. The molecule has 0 aliphatic rings. The molecule has 2 nitrogen and oxygen atoms in total. The van der Waals surface area contributed by atoms with Gasteiger partial charge < -0.3 is 0 Å². The first-order chi connectivity index (χ1) is 4.22. The van der Waals surface area contributed by atoms with Crippen molar-refractivity contribution in [2.45, 2.75) is 19.8 Å². The molecule has 49 valence electrons. The van der Waals surface area contributed by atoms with Crippen molar-refractivity contribution in [3.05, 3.63) is 0 Å². The summed E-state index contributed by atoms with van der Waals surface area (Å²) in [6.45, 7) is 1.88. The Balaban J connectivity index is 3.72. The van der Waals surface area contributed by atoms with E-state index in [1.807, 2.05) is 6.92 Å². The van der Waals surface area contributed by atoms with Gasteiger partial charge in [-0.15, -0.1) is 6.42 Å². The Bertz CT molecular complexity index is 132. The van der Waals surface area contributed by atoms with E-state index < -0.39 is 11.9 Å². The SMILES string of the molecule is C#CC(CCC)C([O])=O. The van der Waals surface area contributed by atoms with Crippen molar-refractivity contribution in [1.82, 2.24) is 0 Å². The van der Waals surface area contributed by atoms with E-state index in [0.717, 1.165) is 6.42 Å². The largest absolute Gasteiger partial charge is 0.370 e. The average Bonchev–Trinajstić information content (AvgIpc) is 1.82. The lowest BCUT2D eigenvalue weighted by Gasteiger charge is -1.97. The highest BCUT2D eigenvalue weighted by atomic mass is 16.4. The van der Waals surface area contributed by atoms with Crippen LogP contribution in [0.15, 0.2) is 0 Å². The van der Waals surface area contributed by atoms with Crippen molar-refractivity contribution < 1.29 is 9.90 Å². The second-order valence-corrected chi connectivity index (χ2v) is 1.83. The van der Waals surface area contributed by atoms with Crippen molar-refractivity contribution in [3.63, 3.8) is 0 Å². The molecular formula is C7H9O2. The van der Waals surface area contributed by atoms with Gasteiger partial charge in [0.15, 0.2) is 0 Å². The van der Waals surface area contributed by atoms with Gasteiger partial charge in [0.05, 0.1) is 0 Å². The van der Waals surface area contributed by atoms with Gasteiger partial charge in [-0.1, -0.05) is 19.3 Å². The summed E-state index contributed by atoms with van der Waals surface area (Å²) >= 11 is 0. The maximum absolute atomic E-state index is 10.1. The number of hydrogen-bond acceptors (Lipinski definition) is 1. The van der Waals surface area contributed by atoms with Crippen LogP contribution in [0.25, 0.3) is 0 Å². The first kappa shape index (κ1) is 8.03. The van der Waals surface area contributed by atoms with Crippen LogP contribution in [-0.2, 0) is 9.90 Å². The fourth-order valence-corrected chi connectivity index (χ4v) is 0.558. The molecule has 1 radical (unpaired) electrons. The molecule has 0 spiro atoms. The Morgan fingerprint density at radius 2 is 2.33 bits per heavy atom. The standard InChI is InChI=1S/C7H9O2/c1-3-5-6(4-2)7(8)9/h2,6H,3,5H2,1H3. The molecule has 9 heavy (non-hydrogen) atoms. The molecule has 0 amide bonds. The van der Waals surface area contributed by atoms with Crippen LogP contribution in [0.2, 0.25) is 0 Å². The zero-order valence-corrected chi connectivity index (χ0v) is 5.39. The Labute approximate surface area is 54.9 Å². The molecule has 0 saturated carbocycles. The van der Waals surface area contributed by atoms with Gasteiger partial charge in [0, 0.05) is 0 Å². The van der Waals surface area contributed by atoms with Crippen LogP contribution in [0.5, 0.6) is 0 Å². The lowest BCUT2D eigenvalue weighted by atomic mass is 10.1. The molecule has 0 aliphatic heterocycles. The molecule has 0 rings (SSSR count). The summed E-state index contributed by atoms with van der Waals surface area (Å²) in [5.74, 6) is 0.302. The summed E-state index contributed by atoms with van der Waals surface area (Å²) in [5, 5.41) is 10.1. The Kier molecular flexibility index (Phi) is 3.54. The highest BCUT2D eigenvalue weighted by Crippen LogP contribution is 2.03. The van der Waals surface area contributed by atoms with E-state index in [2.05, 4.69) is 5.92 Å². The predicted molar refractivity (Wildman–Crippen MR) is 32.9 cm³/mol. The summed E-state index contributed by atoms with van der Waals surface area (Å²) in [7, 11) is 0. The van der Waals surface area contributed by atoms with Crippen molar-refractivity contribution in [2.75, 3.05) is 0 Å². The average molecular weight is 125 g/mol. The van der Waals surface area contributed by atoms with E-state index in [0.29, 0.717) is 6.42 Å². The van der Waals surface area contributed by atoms with Crippen molar-refractivity contribution in [3.8, 4) is 12.3 Å². The number of hydrogen-bond donors (Lipinski definition) is 0. The van der Waals surface area contributed by atoms with Gasteiger partial charge in [0.2, 0.25) is 0 Å². The van der Waals surface area contributed by atoms with E-state index in [1.54, 1.807) is 0 Å². The fourth-order valence-electron chi connectivity index (χ4n) is 0.558. The summed E-state index contributed by atoms with van der Waals surface area (Å²) < 4.78 is 0. The maximum atomic E-state index is 10.1. The zero-order valence-electron chi connectivity index (χ0n) is 5.39. The third-order valence-corrected chi connectivity index (χ3v) is 1.06. The van der Waals surface area contributed by atoms with E-state index in [4.69, 9.17) is 6.42 Å². The second kappa shape index (κ2) is 3.96. The topological polar surface area (TPSA) is 37.0 Å². The maximum Gasteiger partial charge on any atom is 0.370 e. The second-order valence-electron chi connectivity index (χ2n) is 1.83. The molecular weight excluding hydrogens is 116 g/mol. The minimum absolute atomic E-state index is 0.513. The monoisotopic (exact) mass is 125 g/mol. The third-order valence-electron chi connectivity index (χ3n) is 1.06. The fraction of sp³-hybridized carbons (Fsp3) is 0.571. The highest BCUT2D eigenvalue weighted by Gasteiger charge is 2.13. The van der Waals surface area contributed by atoms with Crippen LogP contribution in [-0.4, -0.2) is 5.97 Å². The predicted octanol–water partition coefficient (Wildman–Crippen LogP) is 0.993. The number of rotatable bonds is 3. The van der Waals surface area contributed by atoms with Gasteiger partial charge in [-0.25, -0.2) is 9.90 Å². The van der Waals surface area contributed by atoms with Crippen LogP contribution < -0.4 is 0 Å². The minimum atomic E-state index is -1.14. The molecule has 0 aromatic carbocycles. The normalized spacial score (nSPS) is 12.0. The lowest BCUT2D eigenvalue weighted by Crippen LogP contribution is -2.08. The van der Waals surface area contributed by atoms with Gasteiger partial charge >= 0.3 is 5.97 Å². The van der Waals surface area contributed by atoms with Crippen LogP contribution in [0.4, 0.5) is 0 Å². The molecule has 0 fully saturated rings. The highest BCUT2D eigenvalue weighted by molar-refractivity contribution is 5.72. The molecule has 0 aromatic heterocycles. The molecule has 0 bridgehead atoms. The van der Waals surface area contributed by atoms with E-state index in [-0.39, 0.29) is 0 Å². The quantitative estimate of drug-likeness (QED) is 0.518. The molecule has 1 atom stereocenters. The van der Waals surface area contributed by atoms with Crippen molar-refractivity contribution in [2.24, 2.45) is 5.92 Å². The van der Waals surface area contributed by atoms with Crippen LogP contribution in [0, 0.1) is 18.3 Å². The van der Waals surface area contributed by atoms with Crippen LogP contribution in [0.3, 0.4) is 0 Å².